The van der Waals surface area contributed by atoms with Crippen molar-refractivity contribution < 1.29 is 4.39 Å². The van der Waals surface area contributed by atoms with Crippen molar-refractivity contribution in [3.8, 4) is 0 Å². The maximum Gasteiger partial charge on any atom is 0.184 e. The van der Waals surface area contributed by atoms with Gasteiger partial charge in [0.2, 0.25) is 0 Å². The van der Waals surface area contributed by atoms with Crippen LogP contribution in [0.5, 0.6) is 0 Å². The normalized spacial score (nSPS) is 33.7. The number of hydrogen-bond acceptors (Lipinski definition) is 3. The second-order valence-corrected chi connectivity index (χ2v) is 8.65. The minimum absolute atomic E-state index is 0.216. The lowest BCUT2D eigenvalue weighted by atomic mass is 9.68. The maximum absolute atomic E-state index is 13.3. The zero-order chi connectivity index (χ0) is 14.8. The lowest BCUT2D eigenvalue weighted by Gasteiger charge is -2.43. The Labute approximate surface area is 128 Å². The Morgan fingerprint density at radius 1 is 1.33 bits per heavy atom. The van der Waals surface area contributed by atoms with Gasteiger partial charge in [-0.2, -0.15) is 0 Å². The highest BCUT2D eigenvalue weighted by Crippen LogP contribution is 2.63. The molecule has 2 aliphatic rings. The Morgan fingerprint density at radius 2 is 2.14 bits per heavy atom. The average Bonchev–Trinajstić information content (AvgIpc) is 3.03. The van der Waals surface area contributed by atoms with Crippen LogP contribution in [0.1, 0.15) is 40.0 Å². The summed E-state index contributed by atoms with van der Waals surface area (Å²) in [4.78, 5) is 4.58. The molecule has 112 valence electrons. The highest BCUT2D eigenvalue weighted by molar-refractivity contribution is 7.22. The van der Waals surface area contributed by atoms with Crippen LogP contribution in [-0.2, 0) is 0 Å². The van der Waals surface area contributed by atoms with E-state index >= 15 is 0 Å². The van der Waals surface area contributed by atoms with Gasteiger partial charge in [0.05, 0.1) is 10.2 Å². The van der Waals surface area contributed by atoms with Gasteiger partial charge in [-0.15, -0.1) is 0 Å². The van der Waals surface area contributed by atoms with Gasteiger partial charge in [-0.3, -0.25) is 0 Å². The van der Waals surface area contributed by atoms with Crippen LogP contribution in [0.15, 0.2) is 18.2 Å². The fraction of sp³-hybridized carbons (Fsp3) is 0.588. The monoisotopic (exact) mass is 304 g/mol. The second kappa shape index (κ2) is 4.19. The van der Waals surface area contributed by atoms with Gasteiger partial charge >= 0.3 is 0 Å². The third-order valence-corrected chi connectivity index (χ3v) is 6.85. The number of nitrogens with one attached hydrogen (secondary N) is 1. The summed E-state index contributed by atoms with van der Waals surface area (Å²) in [5, 5.41) is 4.63. The standard InChI is InChI=1S/C17H21FN2S/c1-16(2)10-6-7-17(3,9-10)14(16)20-15-19-12-8-11(18)4-5-13(12)21-15/h4-5,8,10,14H,6-7,9H2,1-3H3,(H,19,20). The predicted molar refractivity (Wildman–Crippen MR) is 86.2 cm³/mol. The van der Waals surface area contributed by atoms with Crippen LogP contribution >= 0.6 is 11.3 Å². The lowest BCUT2D eigenvalue weighted by molar-refractivity contribution is 0.155. The molecule has 1 heterocycles. The van der Waals surface area contributed by atoms with E-state index in [9.17, 15) is 4.39 Å². The smallest absolute Gasteiger partial charge is 0.184 e. The van der Waals surface area contributed by atoms with Crippen LogP contribution < -0.4 is 5.32 Å². The summed E-state index contributed by atoms with van der Waals surface area (Å²) < 4.78 is 14.3. The molecule has 0 amide bonds. The van der Waals surface area contributed by atoms with Crippen LogP contribution in [-0.4, -0.2) is 11.0 Å². The third kappa shape index (κ3) is 1.91. The van der Waals surface area contributed by atoms with E-state index in [1.165, 1.54) is 31.4 Å². The largest absolute Gasteiger partial charge is 0.358 e. The molecule has 2 aliphatic carbocycles. The fourth-order valence-corrected chi connectivity index (χ4v) is 5.62. The molecule has 1 aromatic heterocycles. The summed E-state index contributed by atoms with van der Waals surface area (Å²) in [5.41, 5.74) is 1.43. The van der Waals surface area contributed by atoms with E-state index in [1.807, 2.05) is 6.07 Å². The predicted octanol–water partition coefficient (Wildman–Crippen LogP) is 5.06. The number of anilines is 1. The lowest BCUT2D eigenvalue weighted by Crippen LogP contribution is -2.45. The van der Waals surface area contributed by atoms with E-state index in [4.69, 9.17) is 0 Å². The molecule has 1 N–H and O–H groups in total. The number of rotatable bonds is 2. The van der Waals surface area contributed by atoms with Crippen molar-refractivity contribution in [1.29, 1.82) is 0 Å². The van der Waals surface area contributed by atoms with Crippen molar-refractivity contribution >= 4 is 26.7 Å². The van der Waals surface area contributed by atoms with Crippen LogP contribution in [0.3, 0.4) is 0 Å². The molecule has 2 bridgehead atoms. The summed E-state index contributed by atoms with van der Waals surface area (Å²) in [5.74, 6) is 0.596. The first-order valence-corrected chi connectivity index (χ1v) is 8.53. The molecule has 21 heavy (non-hydrogen) atoms. The number of halogens is 1. The minimum atomic E-state index is -0.216. The maximum atomic E-state index is 13.3. The Balaban J connectivity index is 1.68. The van der Waals surface area contributed by atoms with E-state index in [1.54, 1.807) is 11.3 Å². The van der Waals surface area contributed by atoms with Gasteiger partial charge in [0, 0.05) is 12.1 Å². The number of thiazole rings is 1. The van der Waals surface area contributed by atoms with Gasteiger partial charge in [-0.25, -0.2) is 9.37 Å². The van der Waals surface area contributed by atoms with Gasteiger partial charge in [0.15, 0.2) is 5.13 Å². The first-order valence-electron chi connectivity index (χ1n) is 7.71. The van der Waals surface area contributed by atoms with Crippen molar-refractivity contribution in [2.75, 3.05) is 5.32 Å². The van der Waals surface area contributed by atoms with Crippen molar-refractivity contribution in [3.05, 3.63) is 24.0 Å². The number of fused-ring (bicyclic) bond motifs is 3. The molecule has 0 radical (unpaired) electrons. The first kappa shape index (κ1) is 13.5. The highest BCUT2D eigenvalue weighted by atomic mass is 32.1. The summed E-state index contributed by atoms with van der Waals surface area (Å²) in [6.45, 7) is 7.17. The van der Waals surface area contributed by atoms with Crippen molar-refractivity contribution in [2.24, 2.45) is 16.7 Å². The zero-order valence-electron chi connectivity index (χ0n) is 12.7. The first-order chi connectivity index (χ1) is 9.88. The molecule has 3 unspecified atom stereocenters. The van der Waals surface area contributed by atoms with Crippen molar-refractivity contribution in [3.63, 3.8) is 0 Å². The molecule has 3 atom stereocenters. The molecule has 0 aliphatic heterocycles. The molecular weight excluding hydrogens is 283 g/mol. The van der Waals surface area contributed by atoms with Gasteiger partial charge in [-0.05, 0) is 48.1 Å². The van der Waals surface area contributed by atoms with Crippen molar-refractivity contribution in [2.45, 2.75) is 46.1 Å². The highest BCUT2D eigenvalue weighted by Gasteiger charge is 2.59. The molecule has 1 aromatic carbocycles. The number of aromatic nitrogens is 1. The van der Waals surface area contributed by atoms with Gasteiger partial charge < -0.3 is 5.32 Å². The second-order valence-electron chi connectivity index (χ2n) is 7.62. The van der Waals surface area contributed by atoms with Crippen LogP contribution in [0, 0.1) is 22.6 Å². The quantitative estimate of drug-likeness (QED) is 0.838. The molecule has 0 spiro atoms. The van der Waals surface area contributed by atoms with Crippen LogP contribution in [0.25, 0.3) is 10.2 Å². The van der Waals surface area contributed by atoms with Gasteiger partial charge in [0.1, 0.15) is 5.82 Å². The summed E-state index contributed by atoms with van der Waals surface area (Å²) in [6, 6.07) is 5.30. The van der Waals surface area contributed by atoms with E-state index in [0.717, 1.165) is 21.3 Å². The molecule has 2 fully saturated rings. The van der Waals surface area contributed by atoms with E-state index in [0.29, 0.717) is 16.9 Å². The Bertz CT molecular complexity index is 703. The number of benzene rings is 1. The van der Waals surface area contributed by atoms with Crippen LogP contribution in [0.2, 0.25) is 0 Å². The number of hydrogen-bond donors (Lipinski definition) is 1. The van der Waals surface area contributed by atoms with E-state index in [2.05, 4.69) is 31.1 Å². The van der Waals surface area contributed by atoms with Crippen molar-refractivity contribution in [1.82, 2.24) is 4.98 Å². The summed E-state index contributed by atoms with van der Waals surface area (Å²) in [7, 11) is 0. The van der Waals surface area contributed by atoms with Crippen LogP contribution in [0.4, 0.5) is 9.52 Å². The topological polar surface area (TPSA) is 24.9 Å². The third-order valence-electron chi connectivity index (χ3n) is 5.89. The molecule has 2 saturated carbocycles. The van der Waals surface area contributed by atoms with Gasteiger partial charge in [0.25, 0.3) is 0 Å². The molecule has 2 aromatic rings. The average molecular weight is 304 g/mol. The van der Waals surface area contributed by atoms with E-state index < -0.39 is 0 Å². The molecule has 4 heteroatoms. The van der Waals surface area contributed by atoms with Gasteiger partial charge in [-0.1, -0.05) is 32.1 Å². The van der Waals surface area contributed by atoms with E-state index in [-0.39, 0.29) is 5.82 Å². The Kier molecular flexibility index (Phi) is 2.69. The SMILES string of the molecule is CC12CCC(C1)C(C)(C)C2Nc1nc2cc(F)ccc2s1. The minimum Gasteiger partial charge on any atom is -0.358 e. The molecule has 4 rings (SSSR count). The molecular formula is C17H21FN2S. The Hall–Kier alpha value is -1.16. The summed E-state index contributed by atoms with van der Waals surface area (Å²) >= 11 is 1.63. The summed E-state index contributed by atoms with van der Waals surface area (Å²) in [6.07, 6.45) is 3.97. The fourth-order valence-electron chi connectivity index (χ4n) is 4.75. The zero-order valence-corrected chi connectivity index (χ0v) is 13.6. The Morgan fingerprint density at radius 3 is 2.86 bits per heavy atom. The molecule has 0 saturated heterocycles. The molecule has 2 nitrogen and oxygen atoms in total. The number of nitrogens with zero attached hydrogens (tertiary/aromatic N) is 1.